The number of imidazole rings is 1. The van der Waals surface area contributed by atoms with Gasteiger partial charge in [0.25, 0.3) is 0 Å². The minimum Gasteiger partial charge on any atom is -0.494 e. The zero-order valence-electron chi connectivity index (χ0n) is 15.4. The number of benzene rings is 2. The maximum Gasteiger partial charge on any atom is 0.229 e. The molecule has 1 fully saturated rings. The first-order valence-electron chi connectivity index (χ1n) is 9.46. The molecule has 1 aliphatic rings. The molecule has 2 heterocycles. The molecule has 0 unspecified atom stereocenters. The Morgan fingerprint density at radius 2 is 2.07 bits per heavy atom. The van der Waals surface area contributed by atoms with Crippen molar-refractivity contribution >= 4 is 28.6 Å². The first-order chi connectivity index (χ1) is 13.2. The van der Waals surface area contributed by atoms with Crippen molar-refractivity contribution in [1.29, 1.82) is 0 Å². The van der Waals surface area contributed by atoms with Gasteiger partial charge in [0.05, 0.1) is 23.6 Å². The number of fused-ring (bicyclic) bond motifs is 1. The first kappa shape index (κ1) is 17.4. The van der Waals surface area contributed by atoms with Gasteiger partial charge in [-0.05, 0) is 56.2 Å². The SMILES string of the molecule is CCOc1ccc(NC(=O)[C@H]2CCCN(c3nc4ccccc4[nH]3)C2)cc1. The number of anilines is 2. The van der Waals surface area contributed by atoms with Gasteiger partial charge >= 0.3 is 0 Å². The van der Waals surface area contributed by atoms with Crippen LogP contribution < -0.4 is 15.0 Å². The highest BCUT2D eigenvalue weighted by Gasteiger charge is 2.27. The molecule has 1 amide bonds. The average Bonchev–Trinajstić information content (AvgIpc) is 3.14. The molecule has 1 saturated heterocycles. The van der Waals surface area contributed by atoms with E-state index in [0.717, 1.165) is 47.8 Å². The van der Waals surface area contributed by atoms with E-state index in [4.69, 9.17) is 4.74 Å². The quantitative estimate of drug-likeness (QED) is 0.722. The van der Waals surface area contributed by atoms with Gasteiger partial charge in [0.1, 0.15) is 5.75 Å². The number of ether oxygens (including phenoxy) is 1. The van der Waals surface area contributed by atoms with Gasteiger partial charge in [-0.1, -0.05) is 12.1 Å². The Bertz CT molecular complexity index is 886. The maximum atomic E-state index is 12.7. The maximum absolute atomic E-state index is 12.7. The van der Waals surface area contributed by atoms with Gasteiger partial charge in [-0.15, -0.1) is 0 Å². The monoisotopic (exact) mass is 364 g/mol. The number of nitrogens with zero attached hydrogens (tertiary/aromatic N) is 2. The van der Waals surface area contributed by atoms with Crippen LogP contribution in [0.2, 0.25) is 0 Å². The molecular weight excluding hydrogens is 340 g/mol. The van der Waals surface area contributed by atoms with E-state index in [1.165, 1.54) is 0 Å². The number of amides is 1. The summed E-state index contributed by atoms with van der Waals surface area (Å²) in [4.78, 5) is 22.9. The fourth-order valence-corrected chi connectivity index (χ4v) is 3.52. The van der Waals surface area contributed by atoms with E-state index in [9.17, 15) is 4.79 Å². The Morgan fingerprint density at radius 1 is 1.26 bits per heavy atom. The van der Waals surface area contributed by atoms with Crippen LogP contribution in [-0.4, -0.2) is 35.6 Å². The minimum absolute atomic E-state index is 0.0555. The number of carbonyl (C=O) groups is 1. The zero-order valence-corrected chi connectivity index (χ0v) is 15.4. The summed E-state index contributed by atoms with van der Waals surface area (Å²) < 4.78 is 5.44. The molecule has 0 saturated carbocycles. The van der Waals surface area contributed by atoms with Crippen LogP contribution in [0.25, 0.3) is 11.0 Å². The van der Waals surface area contributed by atoms with Crippen LogP contribution in [0, 0.1) is 5.92 Å². The van der Waals surface area contributed by atoms with Crippen molar-refractivity contribution in [3.05, 3.63) is 48.5 Å². The van der Waals surface area contributed by atoms with Crippen LogP contribution in [-0.2, 0) is 4.79 Å². The van der Waals surface area contributed by atoms with Gasteiger partial charge in [0, 0.05) is 18.8 Å². The van der Waals surface area contributed by atoms with Crippen molar-refractivity contribution in [2.24, 2.45) is 5.92 Å². The number of hydrogen-bond donors (Lipinski definition) is 2. The van der Waals surface area contributed by atoms with E-state index in [1.807, 2.05) is 55.5 Å². The topological polar surface area (TPSA) is 70.2 Å². The Morgan fingerprint density at radius 3 is 2.85 bits per heavy atom. The van der Waals surface area contributed by atoms with Crippen LogP contribution in [0.3, 0.4) is 0 Å². The first-order valence-corrected chi connectivity index (χ1v) is 9.46. The number of nitrogens with one attached hydrogen (secondary N) is 2. The highest BCUT2D eigenvalue weighted by Crippen LogP contribution is 2.25. The molecule has 6 nitrogen and oxygen atoms in total. The fraction of sp³-hybridized carbons (Fsp3) is 0.333. The molecule has 1 atom stereocenters. The van der Waals surface area contributed by atoms with Gasteiger partial charge < -0.3 is 19.9 Å². The lowest BCUT2D eigenvalue weighted by atomic mass is 9.97. The summed E-state index contributed by atoms with van der Waals surface area (Å²) in [7, 11) is 0. The van der Waals surface area contributed by atoms with Gasteiger partial charge in [-0.3, -0.25) is 4.79 Å². The highest BCUT2D eigenvalue weighted by atomic mass is 16.5. The van der Waals surface area contributed by atoms with Gasteiger partial charge in [-0.25, -0.2) is 4.98 Å². The minimum atomic E-state index is -0.0569. The van der Waals surface area contributed by atoms with E-state index in [-0.39, 0.29) is 11.8 Å². The Labute approximate surface area is 158 Å². The van der Waals surface area contributed by atoms with Crippen molar-refractivity contribution in [2.45, 2.75) is 19.8 Å². The third-order valence-corrected chi connectivity index (χ3v) is 4.90. The van der Waals surface area contributed by atoms with Crippen LogP contribution in [0.4, 0.5) is 11.6 Å². The summed E-state index contributed by atoms with van der Waals surface area (Å²) in [6.07, 6.45) is 1.86. The van der Waals surface area contributed by atoms with Crippen LogP contribution >= 0.6 is 0 Å². The van der Waals surface area contributed by atoms with Crippen LogP contribution in [0.5, 0.6) is 5.75 Å². The average molecular weight is 364 g/mol. The molecule has 2 N–H and O–H groups in total. The number of piperidine rings is 1. The molecule has 0 bridgehead atoms. The van der Waals surface area contributed by atoms with Crippen LogP contribution in [0.15, 0.2) is 48.5 Å². The Hall–Kier alpha value is -3.02. The summed E-state index contributed by atoms with van der Waals surface area (Å²) in [5.41, 5.74) is 2.77. The summed E-state index contributed by atoms with van der Waals surface area (Å²) >= 11 is 0. The molecule has 1 aliphatic heterocycles. The molecule has 1 aromatic heterocycles. The number of aromatic nitrogens is 2. The van der Waals surface area contributed by atoms with Crippen molar-refractivity contribution in [2.75, 3.05) is 29.9 Å². The second-order valence-electron chi connectivity index (χ2n) is 6.81. The number of rotatable bonds is 5. The second-order valence-corrected chi connectivity index (χ2v) is 6.81. The summed E-state index contributed by atoms with van der Waals surface area (Å²) in [5, 5.41) is 3.03. The molecule has 0 aliphatic carbocycles. The van der Waals surface area contributed by atoms with E-state index in [0.29, 0.717) is 13.2 Å². The lowest BCUT2D eigenvalue weighted by molar-refractivity contribution is -0.120. The Kier molecular flexibility index (Phi) is 4.96. The smallest absolute Gasteiger partial charge is 0.229 e. The molecule has 140 valence electrons. The summed E-state index contributed by atoms with van der Waals surface area (Å²) in [6, 6.07) is 15.5. The fourth-order valence-electron chi connectivity index (χ4n) is 3.52. The highest BCUT2D eigenvalue weighted by molar-refractivity contribution is 5.93. The Balaban J connectivity index is 1.41. The molecule has 0 radical (unpaired) electrons. The standard InChI is InChI=1S/C21H24N4O2/c1-2-27-17-11-9-16(10-12-17)22-20(26)15-6-5-13-25(14-15)21-23-18-7-3-4-8-19(18)24-21/h3-4,7-12,15H,2,5-6,13-14H2,1H3,(H,22,26)(H,23,24)/t15-/m0/s1. The number of carbonyl (C=O) groups excluding carboxylic acids is 1. The third kappa shape index (κ3) is 3.89. The molecule has 3 aromatic rings. The molecule has 0 spiro atoms. The molecule has 2 aromatic carbocycles. The third-order valence-electron chi connectivity index (χ3n) is 4.90. The van der Waals surface area contributed by atoms with Crippen molar-refractivity contribution in [3.8, 4) is 5.75 Å². The van der Waals surface area contributed by atoms with Gasteiger partial charge in [0.15, 0.2) is 0 Å². The van der Waals surface area contributed by atoms with Gasteiger partial charge in [0.2, 0.25) is 11.9 Å². The lowest BCUT2D eigenvalue weighted by Gasteiger charge is -2.31. The van der Waals surface area contributed by atoms with E-state index in [1.54, 1.807) is 0 Å². The van der Waals surface area contributed by atoms with E-state index in [2.05, 4.69) is 20.2 Å². The number of H-pyrrole nitrogens is 1. The predicted molar refractivity (Wildman–Crippen MR) is 107 cm³/mol. The summed E-state index contributed by atoms with van der Waals surface area (Å²) in [6.45, 7) is 4.16. The zero-order chi connectivity index (χ0) is 18.6. The number of hydrogen-bond acceptors (Lipinski definition) is 4. The second kappa shape index (κ2) is 7.70. The number of aromatic amines is 1. The van der Waals surface area contributed by atoms with Crippen molar-refractivity contribution in [1.82, 2.24) is 9.97 Å². The largest absolute Gasteiger partial charge is 0.494 e. The van der Waals surface area contributed by atoms with E-state index < -0.39 is 0 Å². The predicted octanol–water partition coefficient (Wildman–Crippen LogP) is 3.82. The summed E-state index contributed by atoms with van der Waals surface area (Å²) in [5.74, 6) is 1.65. The lowest BCUT2D eigenvalue weighted by Crippen LogP contribution is -2.41. The van der Waals surface area contributed by atoms with Crippen molar-refractivity contribution < 1.29 is 9.53 Å². The molecule has 4 rings (SSSR count). The van der Waals surface area contributed by atoms with Crippen LogP contribution in [0.1, 0.15) is 19.8 Å². The molecular formula is C21H24N4O2. The molecule has 27 heavy (non-hydrogen) atoms. The molecule has 6 heteroatoms. The van der Waals surface area contributed by atoms with Crippen molar-refractivity contribution in [3.63, 3.8) is 0 Å². The van der Waals surface area contributed by atoms with E-state index >= 15 is 0 Å². The normalized spacial score (nSPS) is 17.1. The number of para-hydroxylation sites is 2. The van der Waals surface area contributed by atoms with Gasteiger partial charge in [-0.2, -0.15) is 0 Å².